The highest BCUT2D eigenvalue weighted by Crippen LogP contribution is 2.43. The molecule has 2 heterocycles. The van der Waals surface area contributed by atoms with Crippen molar-refractivity contribution in [2.75, 3.05) is 39.6 Å². The molecule has 2 aliphatic heterocycles. The van der Waals surface area contributed by atoms with Crippen molar-refractivity contribution < 1.29 is 14.3 Å². The van der Waals surface area contributed by atoms with Crippen LogP contribution < -0.4 is 15.4 Å². The van der Waals surface area contributed by atoms with E-state index in [9.17, 15) is 9.59 Å². The van der Waals surface area contributed by atoms with Crippen LogP contribution in [0.25, 0.3) is 11.1 Å². The average molecular weight is 471 g/mol. The van der Waals surface area contributed by atoms with Crippen molar-refractivity contribution in [2.24, 2.45) is 0 Å². The van der Waals surface area contributed by atoms with E-state index in [0.717, 1.165) is 29.9 Å². The van der Waals surface area contributed by atoms with Gasteiger partial charge in [0.25, 0.3) is 5.91 Å². The number of hydrogen-bond donors (Lipinski definition) is 2. The molecule has 1 unspecified atom stereocenters. The Kier molecular flexibility index (Phi) is 6.17. The maximum Gasteiger partial charge on any atom is 0.322 e. The van der Waals surface area contributed by atoms with Crippen LogP contribution in [0, 0.1) is 0 Å². The summed E-state index contributed by atoms with van der Waals surface area (Å²) in [6.07, 6.45) is 0. The van der Waals surface area contributed by atoms with Gasteiger partial charge < -0.3 is 25.2 Å². The van der Waals surface area contributed by atoms with Gasteiger partial charge in [0.15, 0.2) is 0 Å². The van der Waals surface area contributed by atoms with E-state index in [1.165, 1.54) is 5.56 Å². The Bertz CT molecular complexity index is 1230. The molecule has 3 atom stereocenters. The number of nitrogens with one attached hydrogen (secondary N) is 2. The minimum atomic E-state index is -0.0787. The highest BCUT2D eigenvalue weighted by atomic mass is 16.5. The largest absolute Gasteiger partial charge is 0.497 e. The Morgan fingerprint density at radius 3 is 2.34 bits per heavy atom. The molecule has 5 rings (SSSR count). The van der Waals surface area contributed by atoms with E-state index >= 15 is 0 Å². The van der Waals surface area contributed by atoms with Gasteiger partial charge in [-0.3, -0.25) is 4.79 Å². The summed E-state index contributed by atoms with van der Waals surface area (Å²) in [5.74, 6) is 0.997. The Balaban J connectivity index is 1.30. The maximum absolute atomic E-state index is 13.1. The van der Waals surface area contributed by atoms with Gasteiger partial charge in [-0.15, -0.1) is 0 Å². The fourth-order valence-corrected chi connectivity index (χ4v) is 5.20. The van der Waals surface area contributed by atoms with Gasteiger partial charge in [-0.2, -0.15) is 0 Å². The van der Waals surface area contributed by atoms with Gasteiger partial charge >= 0.3 is 6.03 Å². The highest BCUT2D eigenvalue weighted by Gasteiger charge is 2.53. The lowest BCUT2D eigenvalue weighted by Crippen LogP contribution is -2.74. The predicted molar refractivity (Wildman–Crippen MR) is 137 cm³/mol. The van der Waals surface area contributed by atoms with E-state index in [0.29, 0.717) is 17.2 Å². The molecule has 2 N–H and O–H groups in total. The summed E-state index contributed by atoms with van der Waals surface area (Å²) < 4.78 is 5.26. The Hall–Kier alpha value is -3.84. The molecule has 7 nitrogen and oxygen atoms in total. The van der Waals surface area contributed by atoms with Crippen LogP contribution in [0.15, 0.2) is 72.8 Å². The van der Waals surface area contributed by atoms with Gasteiger partial charge in [-0.25, -0.2) is 4.79 Å². The van der Waals surface area contributed by atoms with Crippen LogP contribution in [-0.4, -0.2) is 68.1 Å². The molecule has 180 valence electrons. The highest BCUT2D eigenvalue weighted by molar-refractivity contribution is 5.95. The monoisotopic (exact) mass is 470 g/mol. The molecule has 2 aliphatic rings. The molecule has 2 saturated heterocycles. The lowest BCUT2D eigenvalue weighted by atomic mass is 9.72. The zero-order valence-corrected chi connectivity index (χ0v) is 20.2. The molecule has 2 bridgehead atoms. The molecule has 2 fully saturated rings. The van der Waals surface area contributed by atoms with E-state index in [1.807, 2.05) is 53.4 Å². The average Bonchev–Trinajstić information content (AvgIpc) is 2.89. The van der Waals surface area contributed by atoms with Crippen molar-refractivity contribution in [1.82, 2.24) is 15.1 Å². The van der Waals surface area contributed by atoms with E-state index in [1.54, 1.807) is 26.1 Å². The van der Waals surface area contributed by atoms with Crippen LogP contribution in [0.1, 0.15) is 21.8 Å². The normalized spacial score (nSPS) is 20.5. The topological polar surface area (TPSA) is 73.9 Å². The van der Waals surface area contributed by atoms with Gasteiger partial charge in [0, 0.05) is 50.4 Å². The van der Waals surface area contributed by atoms with Gasteiger partial charge in [0.2, 0.25) is 0 Å². The number of methoxy groups -OCH3 is 1. The number of rotatable bonds is 5. The fourth-order valence-electron chi connectivity index (χ4n) is 5.20. The SMILES string of the molecule is COc1cccc(NC(=O)N2[C@@H]3CNC[C@H]2C3c2ccc(-c3cccc(C(=O)N(C)C)c3)cc2)c1. The van der Waals surface area contributed by atoms with E-state index < -0.39 is 0 Å². The lowest BCUT2D eigenvalue weighted by Gasteiger charge is -2.59. The standard InChI is InChI=1S/C28H30N4O3/c1-31(2)27(33)21-7-4-6-20(14-21)18-10-12-19(13-11-18)26-24-16-29-17-25(26)32(24)28(34)30-22-8-5-9-23(15-22)35-3/h4-15,24-26,29H,16-17H2,1-3H3,(H,30,34)/t24-,25+,26?. The molecular formula is C28H30N4O3. The number of ether oxygens (including phenoxy) is 1. The number of nitrogens with zero attached hydrogens (tertiary/aromatic N) is 2. The third-order valence-electron chi connectivity index (χ3n) is 6.95. The van der Waals surface area contributed by atoms with Crippen molar-refractivity contribution >= 4 is 17.6 Å². The van der Waals surface area contributed by atoms with Gasteiger partial charge in [0.1, 0.15) is 5.75 Å². The summed E-state index contributed by atoms with van der Waals surface area (Å²) in [5.41, 5.74) is 4.71. The molecule has 3 aromatic rings. The third-order valence-corrected chi connectivity index (χ3v) is 6.95. The number of piperidine rings is 1. The second kappa shape index (κ2) is 9.43. The second-order valence-corrected chi connectivity index (χ2v) is 9.29. The summed E-state index contributed by atoms with van der Waals surface area (Å²) in [7, 11) is 5.13. The van der Waals surface area contributed by atoms with E-state index in [2.05, 4.69) is 34.9 Å². The van der Waals surface area contributed by atoms with Crippen LogP contribution >= 0.6 is 0 Å². The number of fused-ring (bicyclic) bond motifs is 2. The molecule has 0 aromatic heterocycles. The van der Waals surface area contributed by atoms with Crippen LogP contribution in [0.4, 0.5) is 10.5 Å². The minimum absolute atomic E-state index is 0.00872. The second-order valence-electron chi connectivity index (χ2n) is 9.29. The predicted octanol–water partition coefficient (Wildman–Crippen LogP) is 4.04. The quantitative estimate of drug-likeness (QED) is 0.590. The lowest BCUT2D eigenvalue weighted by molar-refractivity contribution is 0.00202. The Labute approximate surface area is 205 Å². The molecule has 7 heteroatoms. The van der Waals surface area contributed by atoms with Crippen molar-refractivity contribution in [1.29, 1.82) is 0 Å². The number of piperazine rings is 1. The van der Waals surface area contributed by atoms with Gasteiger partial charge in [0.05, 0.1) is 19.2 Å². The Morgan fingerprint density at radius 2 is 1.66 bits per heavy atom. The van der Waals surface area contributed by atoms with Crippen molar-refractivity contribution in [3.05, 3.63) is 83.9 Å². The van der Waals surface area contributed by atoms with Crippen molar-refractivity contribution in [2.45, 2.75) is 18.0 Å². The molecular weight excluding hydrogens is 440 g/mol. The Morgan fingerprint density at radius 1 is 0.943 bits per heavy atom. The maximum atomic E-state index is 13.1. The summed E-state index contributed by atoms with van der Waals surface area (Å²) in [6, 6.07) is 23.8. The van der Waals surface area contributed by atoms with Crippen molar-refractivity contribution in [3.63, 3.8) is 0 Å². The van der Waals surface area contributed by atoms with E-state index in [-0.39, 0.29) is 24.0 Å². The number of benzene rings is 3. The summed E-state index contributed by atoms with van der Waals surface area (Å²) >= 11 is 0. The van der Waals surface area contributed by atoms with Gasteiger partial charge in [-0.05, 0) is 41.0 Å². The molecule has 3 amide bonds. The smallest absolute Gasteiger partial charge is 0.322 e. The number of carbonyl (C=O) groups is 2. The van der Waals surface area contributed by atoms with Gasteiger partial charge in [-0.1, -0.05) is 42.5 Å². The molecule has 0 aliphatic carbocycles. The van der Waals surface area contributed by atoms with Crippen molar-refractivity contribution in [3.8, 4) is 16.9 Å². The van der Waals surface area contributed by atoms with Crippen LogP contribution in [-0.2, 0) is 0 Å². The third kappa shape index (κ3) is 4.35. The van der Waals surface area contributed by atoms with Crippen LogP contribution in [0.3, 0.4) is 0 Å². The van der Waals surface area contributed by atoms with E-state index in [4.69, 9.17) is 4.74 Å². The zero-order chi connectivity index (χ0) is 24.5. The summed E-state index contributed by atoms with van der Waals surface area (Å²) in [4.78, 5) is 29.0. The van der Waals surface area contributed by atoms with Crippen LogP contribution in [0.2, 0.25) is 0 Å². The molecule has 0 saturated carbocycles. The minimum Gasteiger partial charge on any atom is -0.497 e. The van der Waals surface area contributed by atoms with Crippen LogP contribution in [0.5, 0.6) is 5.75 Å². The summed E-state index contributed by atoms with van der Waals surface area (Å²) in [5, 5.41) is 6.46. The first kappa shape index (κ1) is 22.9. The molecule has 0 spiro atoms. The number of amides is 3. The molecule has 3 aromatic carbocycles. The first-order valence-electron chi connectivity index (χ1n) is 11.8. The number of carbonyl (C=O) groups excluding carboxylic acids is 2. The molecule has 35 heavy (non-hydrogen) atoms. The number of hydrogen-bond acceptors (Lipinski definition) is 4. The fraction of sp³-hybridized carbons (Fsp3) is 0.286. The number of urea groups is 1. The number of anilines is 1. The molecule has 0 radical (unpaired) electrons. The first-order valence-corrected chi connectivity index (χ1v) is 11.8. The first-order chi connectivity index (χ1) is 17.0. The zero-order valence-electron chi connectivity index (χ0n) is 20.2. The summed E-state index contributed by atoms with van der Waals surface area (Å²) in [6.45, 7) is 1.53.